The van der Waals surface area contributed by atoms with Crippen LogP contribution in [0.2, 0.25) is 0 Å². The molecule has 0 radical (unpaired) electrons. The fourth-order valence-electron chi connectivity index (χ4n) is 1.65. The van der Waals surface area contributed by atoms with Crippen LogP contribution in [0.3, 0.4) is 0 Å². The SMILES string of the molecule is O=CNC(CC(=O)O)CC1CCC1. The third-order valence-electron chi connectivity index (χ3n) is 2.57. The summed E-state index contributed by atoms with van der Waals surface area (Å²) in [7, 11) is 0. The zero-order valence-corrected chi connectivity index (χ0v) is 7.53. The predicted octanol–water partition coefficient (Wildman–Crippen LogP) is 0.766. The number of carboxylic acid groups (broad SMARTS) is 1. The Morgan fingerprint density at radius 2 is 2.31 bits per heavy atom. The largest absolute Gasteiger partial charge is 0.481 e. The Kier molecular flexibility index (Phi) is 3.73. The van der Waals surface area contributed by atoms with Crippen LogP contribution in [0.1, 0.15) is 32.1 Å². The highest BCUT2D eigenvalue weighted by molar-refractivity contribution is 5.68. The molecule has 1 saturated carbocycles. The maximum atomic E-state index is 10.4. The topological polar surface area (TPSA) is 66.4 Å². The van der Waals surface area contributed by atoms with Gasteiger partial charge in [-0.25, -0.2) is 0 Å². The molecule has 1 unspecified atom stereocenters. The van der Waals surface area contributed by atoms with Gasteiger partial charge in [-0.2, -0.15) is 0 Å². The average molecular weight is 185 g/mol. The monoisotopic (exact) mass is 185 g/mol. The van der Waals surface area contributed by atoms with Crippen molar-refractivity contribution in [2.45, 2.75) is 38.1 Å². The lowest BCUT2D eigenvalue weighted by Crippen LogP contribution is -2.33. The number of hydrogen-bond acceptors (Lipinski definition) is 2. The fraction of sp³-hybridized carbons (Fsp3) is 0.778. The number of carbonyl (C=O) groups excluding carboxylic acids is 1. The van der Waals surface area contributed by atoms with Crippen LogP contribution in [0, 0.1) is 5.92 Å². The summed E-state index contributed by atoms with van der Waals surface area (Å²) in [5.74, 6) is -0.226. The van der Waals surface area contributed by atoms with E-state index in [1.54, 1.807) is 0 Å². The molecule has 1 rings (SSSR count). The number of amides is 1. The number of carboxylic acids is 1. The lowest BCUT2D eigenvalue weighted by atomic mass is 9.80. The molecule has 0 aromatic heterocycles. The molecule has 4 nitrogen and oxygen atoms in total. The molecule has 13 heavy (non-hydrogen) atoms. The zero-order valence-electron chi connectivity index (χ0n) is 7.53. The Labute approximate surface area is 77.3 Å². The third kappa shape index (κ3) is 3.44. The third-order valence-corrected chi connectivity index (χ3v) is 2.57. The summed E-state index contributed by atoms with van der Waals surface area (Å²) >= 11 is 0. The second kappa shape index (κ2) is 4.84. The number of rotatable bonds is 6. The Hall–Kier alpha value is -1.06. The molecule has 4 heteroatoms. The predicted molar refractivity (Wildman–Crippen MR) is 47.2 cm³/mol. The van der Waals surface area contributed by atoms with Crippen LogP contribution < -0.4 is 5.32 Å². The van der Waals surface area contributed by atoms with E-state index in [-0.39, 0.29) is 12.5 Å². The number of carbonyl (C=O) groups is 2. The summed E-state index contributed by atoms with van der Waals surface area (Å²) in [6.07, 6.45) is 5.03. The van der Waals surface area contributed by atoms with E-state index in [0.29, 0.717) is 12.3 Å². The molecular weight excluding hydrogens is 170 g/mol. The van der Waals surface area contributed by atoms with Crippen LogP contribution in [0.5, 0.6) is 0 Å². The zero-order chi connectivity index (χ0) is 9.68. The van der Waals surface area contributed by atoms with Crippen LogP contribution in [0.4, 0.5) is 0 Å². The minimum absolute atomic E-state index is 0.0369. The van der Waals surface area contributed by atoms with Crippen molar-refractivity contribution in [1.82, 2.24) is 5.32 Å². The normalized spacial score (nSPS) is 18.8. The Balaban J connectivity index is 2.26. The van der Waals surface area contributed by atoms with Crippen molar-refractivity contribution in [2.24, 2.45) is 5.92 Å². The quantitative estimate of drug-likeness (QED) is 0.600. The molecule has 1 atom stereocenters. The Bertz CT molecular complexity index is 189. The second-order valence-electron chi connectivity index (χ2n) is 3.61. The molecule has 1 aliphatic carbocycles. The van der Waals surface area contributed by atoms with Gasteiger partial charge in [-0.15, -0.1) is 0 Å². The molecule has 0 heterocycles. The van der Waals surface area contributed by atoms with Crippen molar-refractivity contribution >= 4 is 12.4 Å². The molecule has 2 N–H and O–H groups in total. The molecule has 0 aliphatic heterocycles. The average Bonchev–Trinajstić information content (AvgIpc) is 1.96. The summed E-state index contributed by atoms with van der Waals surface area (Å²) in [6, 6.07) is -0.180. The molecular formula is C9H15NO3. The van der Waals surface area contributed by atoms with Crippen LogP contribution in [-0.4, -0.2) is 23.5 Å². The van der Waals surface area contributed by atoms with Crippen molar-refractivity contribution in [3.8, 4) is 0 Å². The van der Waals surface area contributed by atoms with Gasteiger partial charge in [0, 0.05) is 6.04 Å². The lowest BCUT2D eigenvalue weighted by molar-refractivity contribution is -0.137. The molecule has 0 aromatic rings. The number of hydrogen-bond donors (Lipinski definition) is 2. The first-order chi connectivity index (χ1) is 6.22. The van der Waals surface area contributed by atoms with Gasteiger partial charge >= 0.3 is 5.97 Å². The van der Waals surface area contributed by atoms with Crippen molar-refractivity contribution in [2.75, 3.05) is 0 Å². The van der Waals surface area contributed by atoms with Crippen molar-refractivity contribution in [3.05, 3.63) is 0 Å². The first kappa shape index (κ1) is 10.0. The smallest absolute Gasteiger partial charge is 0.305 e. The van der Waals surface area contributed by atoms with Crippen LogP contribution in [-0.2, 0) is 9.59 Å². The molecule has 1 aliphatic rings. The highest BCUT2D eigenvalue weighted by Gasteiger charge is 2.23. The van der Waals surface area contributed by atoms with Gasteiger partial charge in [-0.1, -0.05) is 19.3 Å². The fourth-order valence-corrected chi connectivity index (χ4v) is 1.65. The molecule has 1 fully saturated rings. The van der Waals surface area contributed by atoms with E-state index in [9.17, 15) is 9.59 Å². The lowest BCUT2D eigenvalue weighted by Gasteiger charge is -2.28. The number of nitrogens with one attached hydrogen (secondary N) is 1. The highest BCUT2D eigenvalue weighted by Crippen LogP contribution is 2.30. The summed E-state index contributed by atoms with van der Waals surface area (Å²) in [6.45, 7) is 0. The maximum absolute atomic E-state index is 10.4. The summed E-state index contributed by atoms with van der Waals surface area (Å²) in [5, 5.41) is 11.1. The van der Waals surface area contributed by atoms with Gasteiger partial charge in [0.15, 0.2) is 0 Å². The van der Waals surface area contributed by atoms with Gasteiger partial charge in [0.05, 0.1) is 6.42 Å². The van der Waals surface area contributed by atoms with E-state index in [2.05, 4.69) is 5.32 Å². The van der Waals surface area contributed by atoms with Gasteiger partial charge in [0.2, 0.25) is 6.41 Å². The Morgan fingerprint density at radius 1 is 1.62 bits per heavy atom. The molecule has 0 saturated heterocycles. The second-order valence-corrected chi connectivity index (χ2v) is 3.61. The van der Waals surface area contributed by atoms with E-state index in [0.717, 1.165) is 6.42 Å². The summed E-state index contributed by atoms with van der Waals surface area (Å²) in [4.78, 5) is 20.6. The van der Waals surface area contributed by atoms with Crippen LogP contribution in [0.15, 0.2) is 0 Å². The minimum atomic E-state index is -0.848. The van der Waals surface area contributed by atoms with E-state index in [1.807, 2.05) is 0 Å². The molecule has 0 aromatic carbocycles. The van der Waals surface area contributed by atoms with E-state index >= 15 is 0 Å². The van der Waals surface area contributed by atoms with Gasteiger partial charge in [0.25, 0.3) is 0 Å². The Morgan fingerprint density at radius 3 is 2.69 bits per heavy atom. The molecule has 0 spiro atoms. The minimum Gasteiger partial charge on any atom is -0.481 e. The molecule has 0 bridgehead atoms. The van der Waals surface area contributed by atoms with Gasteiger partial charge in [0.1, 0.15) is 0 Å². The van der Waals surface area contributed by atoms with E-state index < -0.39 is 5.97 Å². The standard InChI is InChI=1S/C9H15NO3/c11-6-10-8(5-9(12)13)4-7-2-1-3-7/h6-8H,1-5H2,(H,10,11)(H,12,13). The van der Waals surface area contributed by atoms with Crippen molar-refractivity contribution in [1.29, 1.82) is 0 Å². The highest BCUT2D eigenvalue weighted by atomic mass is 16.4. The van der Waals surface area contributed by atoms with Gasteiger partial charge in [-0.3, -0.25) is 9.59 Å². The number of aliphatic carboxylic acids is 1. The van der Waals surface area contributed by atoms with Crippen molar-refractivity contribution < 1.29 is 14.7 Å². The molecule has 74 valence electrons. The maximum Gasteiger partial charge on any atom is 0.305 e. The summed E-state index contributed by atoms with van der Waals surface area (Å²) in [5.41, 5.74) is 0. The molecule has 1 amide bonds. The summed E-state index contributed by atoms with van der Waals surface area (Å²) < 4.78 is 0. The van der Waals surface area contributed by atoms with Crippen LogP contribution >= 0.6 is 0 Å². The first-order valence-corrected chi connectivity index (χ1v) is 4.64. The van der Waals surface area contributed by atoms with Gasteiger partial charge in [-0.05, 0) is 12.3 Å². The van der Waals surface area contributed by atoms with Crippen molar-refractivity contribution in [3.63, 3.8) is 0 Å². The first-order valence-electron chi connectivity index (χ1n) is 4.64. The van der Waals surface area contributed by atoms with Crippen LogP contribution in [0.25, 0.3) is 0 Å². The van der Waals surface area contributed by atoms with E-state index in [4.69, 9.17) is 5.11 Å². The van der Waals surface area contributed by atoms with E-state index in [1.165, 1.54) is 19.3 Å². The van der Waals surface area contributed by atoms with Gasteiger partial charge < -0.3 is 10.4 Å².